The molecule has 0 aliphatic carbocycles. The van der Waals surface area contributed by atoms with E-state index in [2.05, 4.69) is 10.6 Å². The maximum Gasteiger partial charge on any atom is 0.330 e. The van der Waals surface area contributed by atoms with Gasteiger partial charge in [-0.2, -0.15) is 0 Å². The topological polar surface area (TPSA) is 87.7 Å². The van der Waals surface area contributed by atoms with Crippen LogP contribution in [0.1, 0.15) is 11.6 Å². The molecule has 0 radical (unpaired) electrons. The van der Waals surface area contributed by atoms with E-state index < -0.39 is 24.0 Å². The smallest absolute Gasteiger partial charge is 0.330 e. The number of amides is 1. The van der Waals surface area contributed by atoms with Crippen LogP contribution < -0.4 is 10.6 Å². The number of carbonyl (C=O) groups excluding carboxylic acids is 1. The van der Waals surface area contributed by atoms with E-state index in [-0.39, 0.29) is 0 Å². The standard InChI is InChI=1S/C13H16N2O4/c16-12(10-8-14-6-7-19-10)15-11(13(17)18)9-4-2-1-3-5-9/h1-5,10-11,14H,6-8H2,(H,15,16)(H,17,18)/t10?,11-/m0/s1. The number of carbonyl (C=O) groups is 2. The Balaban J connectivity index is 2.04. The predicted octanol–water partition coefficient (Wildman–Crippen LogP) is -0.0831. The average molecular weight is 264 g/mol. The maximum atomic E-state index is 11.9. The molecule has 6 heteroatoms. The number of carboxylic acid groups (broad SMARTS) is 1. The highest BCUT2D eigenvalue weighted by Gasteiger charge is 2.27. The third kappa shape index (κ3) is 3.52. The van der Waals surface area contributed by atoms with Gasteiger partial charge in [0.15, 0.2) is 6.04 Å². The number of carboxylic acids is 1. The van der Waals surface area contributed by atoms with E-state index >= 15 is 0 Å². The lowest BCUT2D eigenvalue weighted by Gasteiger charge is -2.24. The average Bonchev–Trinajstić information content (AvgIpc) is 2.46. The fraction of sp³-hybridized carbons (Fsp3) is 0.385. The number of nitrogens with one attached hydrogen (secondary N) is 2. The second-order valence-electron chi connectivity index (χ2n) is 4.25. The van der Waals surface area contributed by atoms with Crippen molar-refractivity contribution in [2.75, 3.05) is 19.7 Å². The molecular weight excluding hydrogens is 248 g/mol. The van der Waals surface area contributed by atoms with Crippen LogP contribution in [0.4, 0.5) is 0 Å². The Kier molecular flexibility index (Phi) is 4.48. The van der Waals surface area contributed by atoms with Gasteiger partial charge in [-0.25, -0.2) is 4.79 Å². The number of benzene rings is 1. The molecule has 6 nitrogen and oxygen atoms in total. The molecule has 0 aromatic heterocycles. The summed E-state index contributed by atoms with van der Waals surface area (Å²) in [7, 11) is 0. The number of hydrogen-bond donors (Lipinski definition) is 3. The van der Waals surface area contributed by atoms with E-state index in [9.17, 15) is 14.7 Å². The van der Waals surface area contributed by atoms with Gasteiger partial charge in [-0.1, -0.05) is 30.3 Å². The van der Waals surface area contributed by atoms with Crippen molar-refractivity contribution in [1.82, 2.24) is 10.6 Å². The fourth-order valence-corrected chi connectivity index (χ4v) is 1.90. The zero-order valence-corrected chi connectivity index (χ0v) is 10.3. The number of aliphatic carboxylic acids is 1. The van der Waals surface area contributed by atoms with Crippen molar-refractivity contribution in [2.45, 2.75) is 12.1 Å². The van der Waals surface area contributed by atoms with Gasteiger partial charge in [-0.05, 0) is 5.56 Å². The number of hydrogen-bond acceptors (Lipinski definition) is 4. The van der Waals surface area contributed by atoms with Gasteiger partial charge in [-0.15, -0.1) is 0 Å². The zero-order chi connectivity index (χ0) is 13.7. The number of morpholine rings is 1. The first-order valence-electron chi connectivity index (χ1n) is 6.09. The van der Waals surface area contributed by atoms with Crippen LogP contribution in [0.3, 0.4) is 0 Å². The van der Waals surface area contributed by atoms with Crippen molar-refractivity contribution in [3.8, 4) is 0 Å². The van der Waals surface area contributed by atoms with Crippen LogP contribution in [0.15, 0.2) is 30.3 Å². The van der Waals surface area contributed by atoms with Crippen molar-refractivity contribution in [3.05, 3.63) is 35.9 Å². The Morgan fingerprint density at radius 3 is 2.68 bits per heavy atom. The predicted molar refractivity (Wildman–Crippen MR) is 67.6 cm³/mol. The summed E-state index contributed by atoms with van der Waals surface area (Å²) in [5, 5.41) is 14.7. The lowest BCUT2D eigenvalue weighted by Crippen LogP contribution is -2.49. The normalized spacial score (nSPS) is 20.5. The Morgan fingerprint density at radius 2 is 2.11 bits per heavy atom. The fourth-order valence-electron chi connectivity index (χ4n) is 1.90. The van der Waals surface area contributed by atoms with E-state index in [1.807, 2.05) is 0 Å². The lowest BCUT2D eigenvalue weighted by atomic mass is 10.1. The SMILES string of the molecule is O=C(N[C@H](C(=O)O)c1ccccc1)C1CNCCO1. The minimum absolute atomic E-state index is 0.396. The minimum Gasteiger partial charge on any atom is -0.479 e. The third-order valence-corrected chi connectivity index (χ3v) is 2.89. The molecular formula is C13H16N2O4. The molecule has 1 amide bonds. The molecule has 0 bridgehead atoms. The second-order valence-corrected chi connectivity index (χ2v) is 4.25. The maximum absolute atomic E-state index is 11.9. The van der Waals surface area contributed by atoms with Crippen LogP contribution >= 0.6 is 0 Å². The van der Waals surface area contributed by atoms with Crippen molar-refractivity contribution in [2.24, 2.45) is 0 Å². The van der Waals surface area contributed by atoms with Crippen LogP contribution in [-0.2, 0) is 14.3 Å². The molecule has 1 fully saturated rings. The van der Waals surface area contributed by atoms with E-state index in [0.29, 0.717) is 25.3 Å². The summed E-state index contributed by atoms with van der Waals surface area (Å²) in [5.74, 6) is -1.51. The van der Waals surface area contributed by atoms with Crippen molar-refractivity contribution in [1.29, 1.82) is 0 Å². The van der Waals surface area contributed by atoms with E-state index in [1.54, 1.807) is 30.3 Å². The summed E-state index contributed by atoms with van der Waals surface area (Å²) in [6.45, 7) is 1.54. The largest absolute Gasteiger partial charge is 0.479 e. The molecule has 1 unspecified atom stereocenters. The van der Waals surface area contributed by atoms with Crippen LogP contribution in [0.2, 0.25) is 0 Å². The van der Waals surface area contributed by atoms with Crippen molar-refractivity contribution < 1.29 is 19.4 Å². The molecule has 1 aliphatic heterocycles. The Morgan fingerprint density at radius 1 is 1.37 bits per heavy atom. The molecule has 2 atom stereocenters. The summed E-state index contributed by atoms with van der Waals surface area (Å²) in [5.41, 5.74) is 0.534. The zero-order valence-electron chi connectivity index (χ0n) is 10.3. The van der Waals surface area contributed by atoms with Gasteiger partial charge in [0, 0.05) is 13.1 Å². The van der Waals surface area contributed by atoms with Gasteiger partial charge < -0.3 is 20.5 Å². The number of ether oxygens (including phenoxy) is 1. The first-order valence-corrected chi connectivity index (χ1v) is 6.09. The van der Waals surface area contributed by atoms with Crippen molar-refractivity contribution >= 4 is 11.9 Å². The first kappa shape index (κ1) is 13.5. The second kappa shape index (κ2) is 6.31. The van der Waals surface area contributed by atoms with Crippen LogP contribution in [0.5, 0.6) is 0 Å². The Bertz CT molecular complexity index is 443. The Hall–Kier alpha value is -1.92. The van der Waals surface area contributed by atoms with Crippen LogP contribution in [-0.4, -0.2) is 42.8 Å². The van der Waals surface area contributed by atoms with E-state index in [1.165, 1.54) is 0 Å². The van der Waals surface area contributed by atoms with Gasteiger partial charge in [0.1, 0.15) is 6.10 Å². The first-order chi connectivity index (χ1) is 9.18. The summed E-state index contributed by atoms with van der Waals surface area (Å²) >= 11 is 0. The summed E-state index contributed by atoms with van der Waals surface area (Å²) in [6, 6.07) is 7.53. The summed E-state index contributed by atoms with van der Waals surface area (Å²) < 4.78 is 5.29. The molecule has 2 rings (SSSR count). The number of rotatable bonds is 4. The molecule has 0 saturated carbocycles. The molecule has 1 heterocycles. The van der Waals surface area contributed by atoms with Crippen LogP contribution in [0, 0.1) is 0 Å². The molecule has 19 heavy (non-hydrogen) atoms. The highest BCUT2D eigenvalue weighted by molar-refractivity contribution is 5.87. The highest BCUT2D eigenvalue weighted by atomic mass is 16.5. The molecule has 1 aliphatic rings. The molecule has 1 aromatic rings. The lowest BCUT2D eigenvalue weighted by molar-refractivity contribution is -0.145. The van der Waals surface area contributed by atoms with Gasteiger partial charge in [0.2, 0.25) is 0 Å². The molecule has 1 aromatic carbocycles. The van der Waals surface area contributed by atoms with Gasteiger partial charge in [0.05, 0.1) is 6.61 Å². The minimum atomic E-state index is -1.09. The van der Waals surface area contributed by atoms with Gasteiger partial charge in [-0.3, -0.25) is 4.79 Å². The van der Waals surface area contributed by atoms with Crippen LogP contribution in [0.25, 0.3) is 0 Å². The van der Waals surface area contributed by atoms with Gasteiger partial charge in [0.25, 0.3) is 5.91 Å². The van der Waals surface area contributed by atoms with E-state index in [4.69, 9.17) is 4.74 Å². The van der Waals surface area contributed by atoms with Gasteiger partial charge >= 0.3 is 5.97 Å². The quantitative estimate of drug-likeness (QED) is 0.708. The third-order valence-electron chi connectivity index (χ3n) is 2.89. The Labute approximate surface area is 110 Å². The molecule has 1 saturated heterocycles. The highest BCUT2D eigenvalue weighted by Crippen LogP contribution is 2.13. The van der Waals surface area contributed by atoms with Crippen molar-refractivity contribution in [3.63, 3.8) is 0 Å². The van der Waals surface area contributed by atoms with E-state index in [0.717, 1.165) is 0 Å². The molecule has 3 N–H and O–H groups in total. The molecule has 102 valence electrons. The summed E-state index contributed by atoms with van der Waals surface area (Å²) in [6.07, 6.45) is -0.640. The summed E-state index contributed by atoms with van der Waals surface area (Å²) in [4.78, 5) is 23.2. The molecule has 0 spiro atoms. The monoisotopic (exact) mass is 264 g/mol.